The monoisotopic (exact) mass is 344 g/mol. The molecule has 2 rings (SSSR count). The molecule has 0 radical (unpaired) electrons. The van der Waals surface area contributed by atoms with Crippen LogP contribution in [-0.4, -0.2) is 35.7 Å². The van der Waals surface area contributed by atoms with Crippen LogP contribution in [0.3, 0.4) is 0 Å². The number of likely N-dealkylation sites (tertiary alicyclic amines) is 1. The lowest BCUT2D eigenvalue weighted by molar-refractivity contribution is -0.138. The van der Waals surface area contributed by atoms with E-state index in [1.54, 1.807) is 26.8 Å². The van der Waals surface area contributed by atoms with Crippen LogP contribution in [0.5, 0.6) is 0 Å². The van der Waals surface area contributed by atoms with Crippen molar-refractivity contribution in [1.29, 1.82) is 0 Å². The minimum atomic E-state index is -4.42. The molecule has 0 aromatic heterocycles. The number of amides is 1. The summed E-state index contributed by atoms with van der Waals surface area (Å²) in [6.07, 6.45) is -4.54. The largest absolute Gasteiger partial charge is 0.444 e. The van der Waals surface area contributed by atoms with Gasteiger partial charge in [0.15, 0.2) is 0 Å². The summed E-state index contributed by atoms with van der Waals surface area (Å²) in [6.45, 7) is 5.77. The third-order valence-corrected chi connectivity index (χ3v) is 3.98. The Bertz CT molecular complexity index is 596. The van der Waals surface area contributed by atoms with Crippen LogP contribution in [0.15, 0.2) is 24.3 Å². The van der Waals surface area contributed by atoms with Crippen molar-refractivity contribution in [3.05, 3.63) is 35.4 Å². The molecular formula is C17H23F3N2O2. The predicted octanol–water partition coefficient (Wildman–Crippen LogP) is 3.76. The zero-order valence-corrected chi connectivity index (χ0v) is 14.1. The Balaban J connectivity index is 2.14. The van der Waals surface area contributed by atoms with E-state index in [0.717, 1.165) is 6.07 Å². The first kappa shape index (κ1) is 18.6. The summed E-state index contributed by atoms with van der Waals surface area (Å²) >= 11 is 0. The maximum atomic E-state index is 13.2. The van der Waals surface area contributed by atoms with Crippen LogP contribution in [0.25, 0.3) is 0 Å². The van der Waals surface area contributed by atoms with E-state index in [1.165, 1.54) is 17.0 Å². The van der Waals surface area contributed by atoms with E-state index in [9.17, 15) is 18.0 Å². The lowest BCUT2D eigenvalue weighted by Crippen LogP contribution is -2.51. The number of rotatable bonds is 1. The van der Waals surface area contributed by atoms with Crippen molar-refractivity contribution in [2.45, 2.75) is 50.9 Å². The van der Waals surface area contributed by atoms with Gasteiger partial charge in [0.25, 0.3) is 0 Å². The van der Waals surface area contributed by atoms with Gasteiger partial charge in [-0.3, -0.25) is 0 Å². The number of piperidine rings is 1. The van der Waals surface area contributed by atoms with Gasteiger partial charge in [0.05, 0.1) is 5.56 Å². The van der Waals surface area contributed by atoms with Crippen molar-refractivity contribution in [3.8, 4) is 0 Å². The Kier molecular flexibility index (Phi) is 5.13. The molecule has 0 saturated carbocycles. The standard InChI is InChI=1S/C17H23F3N2O2/c1-16(2,3)24-15(23)22-9-8-12(14(21)10-22)11-6-4-5-7-13(11)17(18,19)20/h4-7,12,14H,8-10,21H2,1-3H3/t12-,14-/m0/s1. The molecule has 4 nitrogen and oxygen atoms in total. The van der Waals surface area contributed by atoms with Crippen molar-refractivity contribution >= 4 is 6.09 Å². The lowest BCUT2D eigenvalue weighted by Gasteiger charge is -2.38. The number of carbonyl (C=O) groups is 1. The second-order valence-corrected chi connectivity index (χ2v) is 7.07. The van der Waals surface area contributed by atoms with Crippen LogP contribution in [0.2, 0.25) is 0 Å². The molecule has 0 unspecified atom stereocenters. The highest BCUT2D eigenvalue weighted by Gasteiger charge is 2.39. The van der Waals surface area contributed by atoms with Gasteiger partial charge in [0, 0.05) is 25.0 Å². The molecular weight excluding hydrogens is 321 g/mol. The molecule has 1 aromatic rings. The van der Waals surface area contributed by atoms with Crippen LogP contribution < -0.4 is 5.73 Å². The first-order chi connectivity index (χ1) is 11.0. The molecule has 1 aromatic carbocycles. The highest BCUT2D eigenvalue weighted by Crippen LogP contribution is 2.38. The lowest BCUT2D eigenvalue weighted by atomic mass is 9.83. The number of hydrogen-bond acceptors (Lipinski definition) is 3. The quantitative estimate of drug-likeness (QED) is 0.844. The van der Waals surface area contributed by atoms with E-state index in [0.29, 0.717) is 13.0 Å². The van der Waals surface area contributed by atoms with Gasteiger partial charge in [-0.25, -0.2) is 4.79 Å². The summed E-state index contributed by atoms with van der Waals surface area (Å²) in [5.74, 6) is -0.443. The second-order valence-electron chi connectivity index (χ2n) is 7.07. The molecule has 1 aliphatic rings. The van der Waals surface area contributed by atoms with Crippen molar-refractivity contribution in [3.63, 3.8) is 0 Å². The van der Waals surface area contributed by atoms with E-state index in [1.807, 2.05) is 0 Å². The van der Waals surface area contributed by atoms with E-state index >= 15 is 0 Å². The first-order valence-electron chi connectivity index (χ1n) is 7.88. The highest BCUT2D eigenvalue weighted by molar-refractivity contribution is 5.68. The predicted molar refractivity (Wildman–Crippen MR) is 84.6 cm³/mol. The van der Waals surface area contributed by atoms with Gasteiger partial charge < -0.3 is 15.4 Å². The first-order valence-corrected chi connectivity index (χ1v) is 7.88. The summed E-state index contributed by atoms with van der Waals surface area (Å²) in [5, 5.41) is 0. The van der Waals surface area contributed by atoms with Gasteiger partial charge in [-0.2, -0.15) is 13.2 Å². The SMILES string of the molecule is CC(C)(C)OC(=O)N1CC[C@@H](c2ccccc2C(F)(F)F)[C@@H](N)C1. The zero-order valence-electron chi connectivity index (χ0n) is 14.1. The number of nitrogens with zero attached hydrogens (tertiary/aromatic N) is 1. The van der Waals surface area contributed by atoms with Crippen LogP contribution >= 0.6 is 0 Å². The van der Waals surface area contributed by atoms with Crippen LogP contribution in [-0.2, 0) is 10.9 Å². The summed E-state index contributed by atoms with van der Waals surface area (Å²) in [4.78, 5) is 13.6. The molecule has 1 aliphatic heterocycles. The summed E-state index contributed by atoms with van der Waals surface area (Å²) < 4.78 is 44.9. The third-order valence-electron chi connectivity index (χ3n) is 3.98. The van der Waals surface area contributed by atoms with Crippen molar-refractivity contribution in [1.82, 2.24) is 4.90 Å². The molecule has 0 spiro atoms. The molecule has 7 heteroatoms. The fourth-order valence-corrected chi connectivity index (χ4v) is 2.94. The van der Waals surface area contributed by atoms with Gasteiger partial charge in [-0.15, -0.1) is 0 Å². The molecule has 134 valence electrons. The normalized spacial score (nSPS) is 22.4. The van der Waals surface area contributed by atoms with Gasteiger partial charge in [0.2, 0.25) is 0 Å². The molecule has 1 fully saturated rings. The van der Waals surface area contributed by atoms with Crippen LogP contribution in [0.4, 0.5) is 18.0 Å². The van der Waals surface area contributed by atoms with Gasteiger partial charge in [-0.1, -0.05) is 18.2 Å². The second kappa shape index (κ2) is 6.63. The number of ether oxygens (including phenoxy) is 1. The van der Waals surface area contributed by atoms with E-state index in [2.05, 4.69) is 0 Å². The number of alkyl halides is 3. The third kappa shape index (κ3) is 4.41. The smallest absolute Gasteiger partial charge is 0.416 e. The minimum absolute atomic E-state index is 0.172. The summed E-state index contributed by atoms with van der Waals surface area (Å²) in [6, 6.07) is 4.92. The van der Waals surface area contributed by atoms with Crippen LogP contribution in [0.1, 0.15) is 44.2 Å². The van der Waals surface area contributed by atoms with Crippen molar-refractivity contribution < 1.29 is 22.7 Å². The minimum Gasteiger partial charge on any atom is -0.444 e. The van der Waals surface area contributed by atoms with Crippen LogP contribution in [0, 0.1) is 0 Å². The average Bonchev–Trinajstić information content (AvgIpc) is 2.44. The summed E-state index contributed by atoms with van der Waals surface area (Å²) in [7, 11) is 0. The molecule has 2 atom stereocenters. The topological polar surface area (TPSA) is 55.6 Å². The van der Waals surface area contributed by atoms with E-state index in [4.69, 9.17) is 10.5 Å². The molecule has 0 bridgehead atoms. The van der Waals surface area contributed by atoms with Gasteiger partial charge in [-0.05, 0) is 38.8 Å². The molecule has 2 N–H and O–H groups in total. The Labute approximate surface area is 139 Å². The Morgan fingerprint density at radius 1 is 1.25 bits per heavy atom. The van der Waals surface area contributed by atoms with Crippen molar-refractivity contribution in [2.24, 2.45) is 5.73 Å². The zero-order chi connectivity index (χ0) is 18.1. The van der Waals surface area contributed by atoms with E-state index < -0.39 is 35.4 Å². The van der Waals surface area contributed by atoms with E-state index in [-0.39, 0.29) is 12.1 Å². The molecule has 0 aliphatic carbocycles. The Hall–Kier alpha value is -1.76. The molecule has 24 heavy (non-hydrogen) atoms. The Morgan fingerprint density at radius 2 is 1.88 bits per heavy atom. The maximum absolute atomic E-state index is 13.2. The number of halogens is 3. The molecule has 1 amide bonds. The fourth-order valence-electron chi connectivity index (χ4n) is 2.94. The fraction of sp³-hybridized carbons (Fsp3) is 0.588. The highest BCUT2D eigenvalue weighted by atomic mass is 19.4. The van der Waals surface area contributed by atoms with Gasteiger partial charge in [0.1, 0.15) is 5.60 Å². The Morgan fingerprint density at radius 3 is 2.42 bits per heavy atom. The number of carbonyl (C=O) groups excluding carboxylic acids is 1. The summed E-state index contributed by atoms with van der Waals surface area (Å²) in [5.41, 5.74) is 5.01. The van der Waals surface area contributed by atoms with Crippen molar-refractivity contribution in [2.75, 3.05) is 13.1 Å². The maximum Gasteiger partial charge on any atom is 0.416 e. The molecule has 1 saturated heterocycles. The number of benzene rings is 1. The number of hydrogen-bond donors (Lipinski definition) is 1. The molecule has 1 heterocycles. The van der Waals surface area contributed by atoms with Gasteiger partial charge >= 0.3 is 12.3 Å². The average molecular weight is 344 g/mol. The number of nitrogens with two attached hydrogens (primary N) is 1.